The molecule has 0 saturated carbocycles. The lowest BCUT2D eigenvalue weighted by Crippen LogP contribution is -2.22. The van der Waals surface area contributed by atoms with Gasteiger partial charge in [0.25, 0.3) is 5.91 Å². The normalized spacial score (nSPS) is 13.1. The van der Waals surface area contributed by atoms with Crippen molar-refractivity contribution in [1.29, 1.82) is 0 Å². The van der Waals surface area contributed by atoms with E-state index in [0.29, 0.717) is 18.5 Å². The fraction of sp³-hybridized carbons (Fsp3) is 0.333. The molecule has 5 heteroatoms. The van der Waals surface area contributed by atoms with Crippen LogP contribution in [-0.2, 0) is 24.2 Å². The number of benzene rings is 2. The molecule has 2 aromatic carbocycles. The Hall–Kier alpha value is -3.08. The quantitative estimate of drug-likeness (QED) is 0.571. The minimum Gasteiger partial charge on any atom is -0.358 e. The SMILES string of the molecule is CCCC(=O)Nc1ccc(CNC(=O)c2ccc3[nH]c4c(c3c2)CCCC4)cc1. The summed E-state index contributed by atoms with van der Waals surface area (Å²) in [5.74, 6) is -0.0473. The Balaban J connectivity index is 1.40. The summed E-state index contributed by atoms with van der Waals surface area (Å²) in [6.45, 7) is 2.43. The van der Waals surface area contributed by atoms with E-state index in [4.69, 9.17) is 0 Å². The summed E-state index contributed by atoms with van der Waals surface area (Å²) in [5, 5.41) is 7.05. The molecule has 1 aliphatic carbocycles. The van der Waals surface area contributed by atoms with Gasteiger partial charge in [0.1, 0.15) is 0 Å². The van der Waals surface area contributed by atoms with Crippen molar-refractivity contribution < 1.29 is 9.59 Å². The molecule has 0 bridgehead atoms. The first-order valence-electron chi connectivity index (χ1n) is 10.4. The van der Waals surface area contributed by atoms with Gasteiger partial charge in [-0.25, -0.2) is 0 Å². The van der Waals surface area contributed by atoms with Crippen LogP contribution in [0.5, 0.6) is 0 Å². The molecule has 1 aliphatic rings. The number of rotatable bonds is 6. The number of aromatic nitrogens is 1. The summed E-state index contributed by atoms with van der Waals surface area (Å²) in [6.07, 6.45) is 5.97. The highest BCUT2D eigenvalue weighted by atomic mass is 16.2. The highest BCUT2D eigenvalue weighted by molar-refractivity contribution is 5.99. The molecule has 1 heterocycles. The molecule has 29 heavy (non-hydrogen) atoms. The number of carbonyl (C=O) groups excluding carboxylic acids is 2. The van der Waals surface area contributed by atoms with E-state index in [1.54, 1.807) is 0 Å². The molecule has 0 unspecified atom stereocenters. The monoisotopic (exact) mass is 389 g/mol. The van der Waals surface area contributed by atoms with Crippen LogP contribution in [0.25, 0.3) is 10.9 Å². The molecule has 5 nitrogen and oxygen atoms in total. The summed E-state index contributed by atoms with van der Waals surface area (Å²) < 4.78 is 0. The second-order valence-corrected chi connectivity index (χ2v) is 7.73. The smallest absolute Gasteiger partial charge is 0.251 e. The Labute approximate surface area is 170 Å². The van der Waals surface area contributed by atoms with Crippen LogP contribution in [0.4, 0.5) is 5.69 Å². The molecule has 0 spiro atoms. The second kappa shape index (κ2) is 8.52. The number of nitrogens with one attached hydrogen (secondary N) is 3. The molecule has 0 atom stereocenters. The average molecular weight is 389 g/mol. The maximum atomic E-state index is 12.7. The van der Waals surface area contributed by atoms with Gasteiger partial charge in [-0.2, -0.15) is 0 Å². The van der Waals surface area contributed by atoms with Gasteiger partial charge < -0.3 is 15.6 Å². The van der Waals surface area contributed by atoms with E-state index in [1.807, 2.05) is 49.4 Å². The number of anilines is 1. The van der Waals surface area contributed by atoms with Crippen LogP contribution in [0.15, 0.2) is 42.5 Å². The van der Waals surface area contributed by atoms with Crippen LogP contribution in [0.3, 0.4) is 0 Å². The van der Waals surface area contributed by atoms with Gasteiger partial charge >= 0.3 is 0 Å². The van der Waals surface area contributed by atoms with Crippen molar-refractivity contribution >= 4 is 28.4 Å². The first-order chi connectivity index (χ1) is 14.1. The van der Waals surface area contributed by atoms with Crippen molar-refractivity contribution in [3.05, 3.63) is 64.8 Å². The molecule has 3 aromatic rings. The molecule has 0 radical (unpaired) electrons. The van der Waals surface area contributed by atoms with Crippen LogP contribution >= 0.6 is 0 Å². The van der Waals surface area contributed by atoms with Gasteiger partial charge in [-0.15, -0.1) is 0 Å². The molecule has 3 N–H and O–H groups in total. The number of H-pyrrole nitrogens is 1. The number of aromatic amines is 1. The lowest BCUT2D eigenvalue weighted by molar-refractivity contribution is -0.116. The van der Waals surface area contributed by atoms with Gasteiger partial charge in [-0.3, -0.25) is 9.59 Å². The van der Waals surface area contributed by atoms with Crippen LogP contribution in [0.2, 0.25) is 0 Å². The first-order valence-corrected chi connectivity index (χ1v) is 10.4. The molecule has 0 fully saturated rings. The number of amides is 2. The minimum absolute atomic E-state index is 0.0240. The zero-order valence-corrected chi connectivity index (χ0v) is 16.8. The number of carbonyl (C=O) groups is 2. The summed E-state index contributed by atoms with van der Waals surface area (Å²) in [5.41, 5.74) is 6.28. The molecule has 4 rings (SSSR count). The standard InChI is InChI=1S/C24H27N3O2/c1-2-5-23(28)26-18-11-8-16(9-12-18)15-25-24(29)17-10-13-22-20(14-17)19-6-3-4-7-21(19)27-22/h8-14,27H,2-7,15H2,1H3,(H,25,29)(H,26,28). The molecule has 2 amide bonds. The molecular weight excluding hydrogens is 362 g/mol. The van der Waals surface area contributed by atoms with Crippen molar-refractivity contribution in [3.8, 4) is 0 Å². The van der Waals surface area contributed by atoms with Crippen LogP contribution in [0.1, 0.15) is 59.8 Å². The molecule has 1 aromatic heterocycles. The predicted octanol–water partition coefficient (Wildman–Crippen LogP) is 4.72. The Bertz CT molecular complexity index is 1030. The summed E-state index contributed by atoms with van der Waals surface area (Å²) >= 11 is 0. The maximum absolute atomic E-state index is 12.7. The number of hydrogen-bond donors (Lipinski definition) is 3. The van der Waals surface area contributed by atoms with E-state index >= 15 is 0 Å². The minimum atomic E-state index is -0.0713. The Morgan fingerprint density at radius 3 is 2.62 bits per heavy atom. The van der Waals surface area contributed by atoms with Crippen LogP contribution in [0, 0.1) is 0 Å². The fourth-order valence-electron chi connectivity index (χ4n) is 3.99. The highest BCUT2D eigenvalue weighted by Crippen LogP contribution is 2.29. The van der Waals surface area contributed by atoms with Gasteiger partial charge in [0.15, 0.2) is 0 Å². The Morgan fingerprint density at radius 1 is 1.03 bits per heavy atom. The van der Waals surface area contributed by atoms with E-state index in [1.165, 1.54) is 29.5 Å². The van der Waals surface area contributed by atoms with E-state index < -0.39 is 0 Å². The second-order valence-electron chi connectivity index (χ2n) is 7.73. The maximum Gasteiger partial charge on any atom is 0.251 e. The van der Waals surface area contributed by atoms with Crippen molar-refractivity contribution in [3.63, 3.8) is 0 Å². The van der Waals surface area contributed by atoms with Gasteiger partial charge in [-0.05, 0) is 73.6 Å². The lowest BCUT2D eigenvalue weighted by Gasteiger charge is -2.11. The molecule has 0 aliphatic heterocycles. The number of fused-ring (bicyclic) bond motifs is 3. The van der Waals surface area contributed by atoms with E-state index in [-0.39, 0.29) is 11.8 Å². The zero-order chi connectivity index (χ0) is 20.2. The van der Waals surface area contributed by atoms with Gasteiger partial charge in [0.05, 0.1) is 0 Å². The topological polar surface area (TPSA) is 74.0 Å². The lowest BCUT2D eigenvalue weighted by atomic mass is 9.95. The largest absolute Gasteiger partial charge is 0.358 e. The third-order valence-electron chi connectivity index (χ3n) is 5.53. The Kier molecular flexibility index (Phi) is 5.65. The van der Waals surface area contributed by atoms with Crippen molar-refractivity contribution in [2.75, 3.05) is 5.32 Å². The molecule has 0 saturated heterocycles. The number of aryl methyl sites for hydroxylation is 2. The predicted molar refractivity (Wildman–Crippen MR) is 116 cm³/mol. The zero-order valence-electron chi connectivity index (χ0n) is 16.8. The Morgan fingerprint density at radius 2 is 1.83 bits per heavy atom. The third-order valence-corrected chi connectivity index (χ3v) is 5.53. The highest BCUT2D eigenvalue weighted by Gasteiger charge is 2.16. The number of hydrogen-bond acceptors (Lipinski definition) is 2. The van der Waals surface area contributed by atoms with Crippen LogP contribution < -0.4 is 10.6 Å². The third kappa shape index (κ3) is 4.34. The van der Waals surface area contributed by atoms with Gasteiger partial charge in [0.2, 0.25) is 5.91 Å². The van der Waals surface area contributed by atoms with Crippen molar-refractivity contribution in [2.45, 2.75) is 52.0 Å². The first kappa shape index (κ1) is 19.2. The van der Waals surface area contributed by atoms with Crippen molar-refractivity contribution in [1.82, 2.24) is 10.3 Å². The van der Waals surface area contributed by atoms with Crippen molar-refractivity contribution in [2.24, 2.45) is 0 Å². The summed E-state index contributed by atoms with van der Waals surface area (Å²) in [7, 11) is 0. The average Bonchev–Trinajstić information content (AvgIpc) is 3.11. The molecule has 150 valence electrons. The molecular formula is C24H27N3O2. The van der Waals surface area contributed by atoms with Crippen LogP contribution in [-0.4, -0.2) is 16.8 Å². The summed E-state index contributed by atoms with van der Waals surface area (Å²) in [6, 6.07) is 13.5. The van der Waals surface area contributed by atoms with E-state index in [9.17, 15) is 9.59 Å². The fourth-order valence-corrected chi connectivity index (χ4v) is 3.99. The van der Waals surface area contributed by atoms with E-state index in [2.05, 4.69) is 15.6 Å². The van der Waals surface area contributed by atoms with Gasteiger partial charge in [-0.1, -0.05) is 19.1 Å². The van der Waals surface area contributed by atoms with Gasteiger partial charge in [0, 0.05) is 40.8 Å². The van der Waals surface area contributed by atoms with E-state index in [0.717, 1.165) is 36.0 Å². The summed E-state index contributed by atoms with van der Waals surface area (Å²) in [4.78, 5) is 27.8.